The molecule has 6 nitrogen and oxygen atoms in total. The Morgan fingerprint density at radius 2 is 1.74 bits per heavy atom. The van der Waals surface area contributed by atoms with Crippen LogP contribution >= 0.6 is 11.6 Å². The van der Waals surface area contributed by atoms with E-state index < -0.39 is 27.1 Å². The molecule has 158 valence electrons. The van der Waals surface area contributed by atoms with Crippen molar-refractivity contribution < 1.29 is 17.6 Å². The van der Waals surface area contributed by atoms with Crippen molar-refractivity contribution in [2.45, 2.75) is 10.3 Å². The Bertz CT molecular complexity index is 1420. The second-order valence-corrected chi connectivity index (χ2v) is 9.18. The van der Waals surface area contributed by atoms with Crippen LogP contribution < -0.4 is 11.5 Å². The lowest BCUT2D eigenvalue weighted by molar-refractivity contribution is -0.117. The number of nitrogen functional groups attached to an aromatic ring is 1. The number of amides is 1. The molecule has 0 spiro atoms. The van der Waals surface area contributed by atoms with E-state index in [1.807, 2.05) is 0 Å². The van der Waals surface area contributed by atoms with E-state index in [0.717, 1.165) is 3.97 Å². The molecule has 0 saturated heterocycles. The highest BCUT2D eigenvalue weighted by Gasteiger charge is 2.23. The van der Waals surface area contributed by atoms with Crippen molar-refractivity contribution in [3.63, 3.8) is 0 Å². The predicted molar refractivity (Wildman–Crippen MR) is 119 cm³/mol. The van der Waals surface area contributed by atoms with E-state index in [4.69, 9.17) is 23.1 Å². The third-order valence-corrected chi connectivity index (χ3v) is 7.09. The Balaban J connectivity index is 1.93. The van der Waals surface area contributed by atoms with Crippen molar-refractivity contribution in [2.75, 3.05) is 5.73 Å². The number of nitrogens with zero attached hydrogens (tertiary/aromatic N) is 1. The molecule has 1 atom stereocenters. The van der Waals surface area contributed by atoms with Gasteiger partial charge in [-0.15, -0.1) is 11.6 Å². The minimum atomic E-state index is -3.98. The van der Waals surface area contributed by atoms with Gasteiger partial charge in [0.2, 0.25) is 5.91 Å². The van der Waals surface area contributed by atoms with Crippen molar-refractivity contribution in [1.29, 1.82) is 0 Å². The van der Waals surface area contributed by atoms with Gasteiger partial charge in [-0.1, -0.05) is 30.3 Å². The lowest BCUT2D eigenvalue weighted by Gasteiger charge is -2.11. The molecule has 1 amide bonds. The standard InChI is InChI=1S/C22H17ClFN3O3S/c23-21(22(26)28)17-8-6-13(10-19(17)25)18-12-27(20-11-14(24)7-9-16(18)20)31(29,30)15-4-2-1-3-5-15/h1-12,21H,25H2,(H2,26,28). The van der Waals surface area contributed by atoms with Gasteiger partial charge in [0.05, 0.1) is 10.4 Å². The van der Waals surface area contributed by atoms with Gasteiger partial charge in [0, 0.05) is 28.4 Å². The minimum absolute atomic E-state index is 0.0732. The summed E-state index contributed by atoms with van der Waals surface area (Å²) in [5.41, 5.74) is 13.2. The molecule has 1 heterocycles. The number of alkyl halides is 1. The van der Waals surface area contributed by atoms with Crippen molar-refractivity contribution in [2.24, 2.45) is 5.73 Å². The molecule has 0 aliphatic rings. The fourth-order valence-corrected chi connectivity index (χ4v) is 5.01. The SMILES string of the molecule is NC(=O)C(Cl)c1ccc(-c2cn(S(=O)(=O)c3ccccc3)c3cc(F)ccc23)cc1N. The van der Waals surface area contributed by atoms with Crippen LogP contribution in [0.3, 0.4) is 0 Å². The zero-order chi connectivity index (χ0) is 22.3. The molecular weight excluding hydrogens is 441 g/mol. The Labute approximate surface area is 182 Å². The summed E-state index contributed by atoms with van der Waals surface area (Å²) in [7, 11) is -3.98. The first kappa shape index (κ1) is 20.9. The summed E-state index contributed by atoms with van der Waals surface area (Å²) < 4.78 is 41.5. The molecule has 31 heavy (non-hydrogen) atoms. The van der Waals surface area contributed by atoms with Crippen LogP contribution in [0.1, 0.15) is 10.9 Å². The van der Waals surface area contributed by atoms with Gasteiger partial charge in [-0.05, 0) is 42.0 Å². The predicted octanol–water partition coefficient (Wildman–Crippen LogP) is 4.03. The highest BCUT2D eigenvalue weighted by molar-refractivity contribution is 7.90. The molecule has 4 rings (SSSR count). The van der Waals surface area contributed by atoms with E-state index in [1.54, 1.807) is 36.4 Å². The summed E-state index contributed by atoms with van der Waals surface area (Å²) >= 11 is 6.01. The molecule has 3 aromatic carbocycles. The maximum atomic E-state index is 14.0. The summed E-state index contributed by atoms with van der Waals surface area (Å²) in [6.07, 6.45) is 1.42. The van der Waals surface area contributed by atoms with E-state index in [1.165, 1.54) is 36.5 Å². The number of primary amides is 1. The maximum Gasteiger partial charge on any atom is 0.268 e. The average molecular weight is 458 g/mol. The summed E-state index contributed by atoms with van der Waals surface area (Å²) in [4.78, 5) is 11.5. The topological polar surface area (TPSA) is 108 Å². The van der Waals surface area contributed by atoms with Gasteiger partial charge in [-0.3, -0.25) is 4.79 Å². The number of anilines is 1. The molecule has 4 aromatic rings. The first-order valence-electron chi connectivity index (χ1n) is 9.14. The van der Waals surface area contributed by atoms with Crippen molar-refractivity contribution >= 4 is 44.1 Å². The van der Waals surface area contributed by atoms with Gasteiger partial charge < -0.3 is 11.5 Å². The van der Waals surface area contributed by atoms with Crippen molar-refractivity contribution in [3.05, 3.63) is 84.3 Å². The van der Waals surface area contributed by atoms with Crippen molar-refractivity contribution in [3.8, 4) is 11.1 Å². The van der Waals surface area contributed by atoms with Gasteiger partial charge in [-0.2, -0.15) is 0 Å². The second-order valence-electron chi connectivity index (χ2n) is 6.93. The summed E-state index contributed by atoms with van der Waals surface area (Å²) in [6.45, 7) is 0. The Hall–Kier alpha value is -3.36. The van der Waals surface area contributed by atoms with Gasteiger partial charge in [0.1, 0.15) is 11.2 Å². The molecule has 1 unspecified atom stereocenters. The first-order valence-corrected chi connectivity index (χ1v) is 11.0. The number of carbonyl (C=O) groups is 1. The third-order valence-electron chi connectivity index (χ3n) is 4.95. The number of hydrogen-bond acceptors (Lipinski definition) is 4. The molecule has 4 N–H and O–H groups in total. The first-order chi connectivity index (χ1) is 14.7. The molecule has 0 fully saturated rings. The quantitative estimate of drug-likeness (QED) is 0.348. The molecule has 0 bridgehead atoms. The van der Waals surface area contributed by atoms with E-state index in [2.05, 4.69) is 0 Å². The Morgan fingerprint density at radius 3 is 2.39 bits per heavy atom. The van der Waals surface area contributed by atoms with Crippen LogP contribution in [0, 0.1) is 5.82 Å². The second kappa shape index (κ2) is 7.72. The number of rotatable bonds is 5. The number of benzene rings is 3. The van der Waals surface area contributed by atoms with E-state index in [-0.39, 0.29) is 16.1 Å². The van der Waals surface area contributed by atoms with E-state index in [0.29, 0.717) is 22.1 Å². The molecule has 1 aromatic heterocycles. The smallest absolute Gasteiger partial charge is 0.268 e. The zero-order valence-electron chi connectivity index (χ0n) is 16.0. The molecule has 0 saturated carbocycles. The number of aromatic nitrogens is 1. The van der Waals surface area contributed by atoms with Crippen LogP contribution in [-0.2, 0) is 14.8 Å². The van der Waals surface area contributed by atoms with Crippen LogP contribution in [0.4, 0.5) is 10.1 Å². The highest BCUT2D eigenvalue weighted by Crippen LogP contribution is 2.36. The number of carbonyl (C=O) groups excluding carboxylic acids is 1. The number of fused-ring (bicyclic) bond motifs is 1. The van der Waals surface area contributed by atoms with Crippen molar-refractivity contribution in [1.82, 2.24) is 3.97 Å². The van der Waals surface area contributed by atoms with Gasteiger partial charge >= 0.3 is 0 Å². The average Bonchev–Trinajstić information content (AvgIpc) is 3.13. The Kier molecular flexibility index (Phi) is 5.20. The minimum Gasteiger partial charge on any atom is -0.398 e. The van der Waals surface area contributed by atoms with Gasteiger partial charge in [0.25, 0.3) is 10.0 Å². The molecule has 0 aliphatic heterocycles. The fourth-order valence-electron chi connectivity index (χ4n) is 3.43. The lowest BCUT2D eigenvalue weighted by atomic mass is 10.0. The molecular formula is C22H17ClFN3O3S. The third kappa shape index (κ3) is 3.64. The molecule has 0 radical (unpaired) electrons. The van der Waals surface area contributed by atoms with Gasteiger partial charge in [-0.25, -0.2) is 16.8 Å². The molecule has 0 aliphatic carbocycles. The largest absolute Gasteiger partial charge is 0.398 e. The number of halogens is 2. The highest BCUT2D eigenvalue weighted by atomic mass is 35.5. The summed E-state index contributed by atoms with van der Waals surface area (Å²) in [6, 6.07) is 16.6. The van der Waals surface area contributed by atoms with Crippen LogP contribution in [-0.4, -0.2) is 18.3 Å². The zero-order valence-corrected chi connectivity index (χ0v) is 17.6. The summed E-state index contributed by atoms with van der Waals surface area (Å²) in [5, 5.41) is -0.576. The number of hydrogen-bond donors (Lipinski definition) is 2. The van der Waals surface area contributed by atoms with Gasteiger partial charge in [0.15, 0.2) is 0 Å². The van der Waals surface area contributed by atoms with Crippen LogP contribution in [0.15, 0.2) is 77.8 Å². The lowest BCUT2D eigenvalue weighted by Crippen LogP contribution is -2.18. The normalized spacial score (nSPS) is 12.7. The van der Waals surface area contributed by atoms with Crippen LogP contribution in [0.5, 0.6) is 0 Å². The fraction of sp³-hybridized carbons (Fsp3) is 0.0455. The van der Waals surface area contributed by atoms with E-state index in [9.17, 15) is 17.6 Å². The van der Waals surface area contributed by atoms with Crippen LogP contribution in [0.2, 0.25) is 0 Å². The monoisotopic (exact) mass is 457 g/mol. The van der Waals surface area contributed by atoms with E-state index >= 15 is 0 Å². The Morgan fingerprint density at radius 1 is 1.03 bits per heavy atom. The maximum absolute atomic E-state index is 14.0. The van der Waals surface area contributed by atoms with Crippen LogP contribution in [0.25, 0.3) is 22.0 Å². The molecule has 9 heteroatoms. The summed E-state index contributed by atoms with van der Waals surface area (Å²) in [5.74, 6) is -1.30. The number of nitrogens with two attached hydrogens (primary N) is 2.